The van der Waals surface area contributed by atoms with Crippen molar-refractivity contribution in [1.82, 2.24) is 15.0 Å². The maximum Gasteiger partial charge on any atom is 0.191 e. The third kappa shape index (κ3) is 1.69. The van der Waals surface area contributed by atoms with Crippen LogP contribution in [0.2, 0.25) is 0 Å². The van der Waals surface area contributed by atoms with Gasteiger partial charge in [0.2, 0.25) is 0 Å². The second-order valence-corrected chi connectivity index (χ2v) is 3.66. The van der Waals surface area contributed by atoms with Gasteiger partial charge in [0.15, 0.2) is 5.43 Å². The zero-order chi connectivity index (χ0) is 11.7. The molecule has 3 aromatic rings. The minimum atomic E-state index is -0.0486. The summed E-state index contributed by atoms with van der Waals surface area (Å²) in [6.07, 6.45) is 3.34. The van der Waals surface area contributed by atoms with E-state index in [1.54, 1.807) is 30.6 Å². The average Bonchev–Trinajstić information content (AvgIpc) is 2.40. The monoisotopic (exact) mass is 223 g/mol. The van der Waals surface area contributed by atoms with Gasteiger partial charge in [0.1, 0.15) is 5.65 Å². The Balaban J connectivity index is 2.30. The SMILES string of the molecule is O=c1cc(-c2ccccn2)[nH]c2ncccc12. The molecule has 0 aliphatic rings. The molecule has 0 bridgehead atoms. The molecule has 0 saturated heterocycles. The van der Waals surface area contributed by atoms with E-state index in [1.807, 2.05) is 18.2 Å². The lowest BCUT2D eigenvalue weighted by molar-refractivity contribution is 1.23. The van der Waals surface area contributed by atoms with Crippen LogP contribution in [-0.2, 0) is 0 Å². The van der Waals surface area contributed by atoms with Crippen molar-refractivity contribution in [2.45, 2.75) is 0 Å². The molecule has 4 heteroatoms. The Morgan fingerprint density at radius 3 is 2.71 bits per heavy atom. The van der Waals surface area contributed by atoms with E-state index in [1.165, 1.54) is 0 Å². The van der Waals surface area contributed by atoms with Gasteiger partial charge in [-0.1, -0.05) is 6.07 Å². The number of aromatic nitrogens is 3. The smallest absolute Gasteiger partial charge is 0.191 e. The molecule has 3 heterocycles. The van der Waals surface area contributed by atoms with E-state index in [0.29, 0.717) is 16.7 Å². The molecular weight excluding hydrogens is 214 g/mol. The maximum atomic E-state index is 11.9. The average molecular weight is 223 g/mol. The van der Waals surface area contributed by atoms with Gasteiger partial charge in [-0.3, -0.25) is 9.78 Å². The predicted molar refractivity (Wildman–Crippen MR) is 65.6 cm³/mol. The van der Waals surface area contributed by atoms with Crippen LogP contribution in [0.4, 0.5) is 0 Å². The molecule has 0 aromatic carbocycles. The van der Waals surface area contributed by atoms with Gasteiger partial charge in [0, 0.05) is 18.5 Å². The summed E-state index contributed by atoms with van der Waals surface area (Å²) >= 11 is 0. The van der Waals surface area contributed by atoms with Gasteiger partial charge in [0.25, 0.3) is 0 Å². The molecule has 0 unspecified atom stereocenters. The Kier molecular flexibility index (Phi) is 2.19. The molecule has 0 aliphatic heterocycles. The number of pyridine rings is 3. The highest BCUT2D eigenvalue weighted by atomic mass is 16.1. The Morgan fingerprint density at radius 2 is 1.88 bits per heavy atom. The van der Waals surface area contributed by atoms with Gasteiger partial charge in [-0.05, 0) is 24.3 Å². The van der Waals surface area contributed by atoms with E-state index in [-0.39, 0.29) is 5.43 Å². The number of H-pyrrole nitrogens is 1. The van der Waals surface area contributed by atoms with Crippen LogP contribution < -0.4 is 5.43 Å². The van der Waals surface area contributed by atoms with E-state index >= 15 is 0 Å². The third-order valence-electron chi connectivity index (χ3n) is 2.54. The first-order valence-corrected chi connectivity index (χ1v) is 5.24. The van der Waals surface area contributed by atoms with Gasteiger partial charge in [0.05, 0.1) is 16.8 Å². The molecular formula is C13H9N3O. The molecule has 3 aromatic heterocycles. The molecule has 3 rings (SSSR count). The van der Waals surface area contributed by atoms with Crippen LogP contribution in [-0.4, -0.2) is 15.0 Å². The Hall–Kier alpha value is -2.49. The first-order valence-electron chi connectivity index (χ1n) is 5.24. The van der Waals surface area contributed by atoms with Crippen LogP contribution in [0.25, 0.3) is 22.4 Å². The molecule has 0 amide bonds. The van der Waals surface area contributed by atoms with Gasteiger partial charge in [-0.15, -0.1) is 0 Å². The second-order valence-electron chi connectivity index (χ2n) is 3.66. The first-order chi connectivity index (χ1) is 8.34. The number of hydrogen-bond donors (Lipinski definition) is 1. The van der Waals surface area contributed by atoms with Crippen molar-refractivity contribution in [2.75, 3.05) is 0 Å². The fourth-order valence-electron chi connectivity index (χ4n) is 1.74. The van der Waals surface area contributed by atoms with Gasteiger partial charge in [-0.25, -0.2) is 4.98 Å². The lowest BCUT2D eigenvalue weighted by Gasteiger charge is -2.02. The zero-order valence-electron chi connectivity index (χ0n) is 8.92. The Labute approximate surface area is 97.0 Å². The topological polar surface area (TPSA) is 58.6 Å². The molecule has 0 radical (unpaired) electrons. The minimum absolute atomic E-state index is 0.0486. The highest BCUT2D eigenvalue weighted by molar-refractivity contribution is 5.77. The summed E-state index contributed by atoms with van der Waals surface area (Å²) in [7, 11) is 0. The van der Waals surface area contributed by atoms with Crippen LogP contribution >= 0.6 is 0 Å². The molecule has 17 heavy (non-hydrogen) atoms. The molecule has 1 N–H and O–H groups in total. The second kappa shape index (κ2) is 3.83. The minimum Gasteiger partial charge on any atom is -0.338 e. The summed E-state index contributed by atoms with van der Waals surface area (Å²) in [5, 5.41) is 0.590. The lowest BCUT2D eigenvalue weighted by Crippen LogP contribution is -2.04. The maximum absolute atomic E-state index is 11.9. The zero-order valence-corrected chi connectivity index (χ0v) is 8.92. The van der Waals surface area contributed by atoms with Gasteiger partial charge < -0.3 is 4.98 Å². The quantitative estimate of drug-likeness (QED) is 0.686. The van der Waals surface area contributed by atoms with Crippen LogP contribution in [0.5, 0.6) is 0 Å². The van der Waals surface area contributed by atoms with E-state index in [4.69, 9.17) is 0 Å². The van der Waals surface area contributed by atoms with Crippen LogP contribution in [0.1, 0.15) is 0 Å². The molecule has 0 atom stereocenters. The number of aromatic amines is 1. The standard InChI is InChI=1S/C13H9N3O/c17-12-8-11(10-5-1-2-6-14-10)16-13-9(12)4-3-7-15-13/h1-8H,(H,15,16,17). The van der Waals surface area contributed by atoms with Crippen molar-refractivity contribution < 1.29 is 0 Å². The van der Waals surface area contributed by atoms with Crippen molar-refractivity contribution in [2.24, 2.45) is 0 Å². The highest BCUT2D eigenvalue weighted by Crippen LogP contribution is 2.13. The summed E-state index contributed by atoms with van der Waals surface area (Å²) in [5.74, 6) is 0. The molecule has 0 aliphatic carbocycles. The van der Waals surface area contributed by atoms with Crippen molar-refractivity contribution in [1.29, 1.82) is 0 Å². The van der Waals surface area contributed by atoms with Crippen LogP contribution in [0, 0.1) is 0 Å². The van der Waals surface area contributed by atoms with Crippen LogP contribution in [0.15, 0.2) is 53.6 Å². The number of nitrogens with zero attached hydrogens (tertiary/aromatic N) is 2. The van der Waals surface area contributed by atoms with Gasteiger partial charge in [-0.2, -0.15) is 0 Å². The van der Waals surface area contributed by atoms with E-state index in [2.05, 4.69) is 15.0 Å². The fourth-order valence-corrected chi connectivity index (χ4v) is 1.74. The Bertz CT molecular complexity index is 719. The number of hydrogen-bond acceptors (Lipinski definition) is 3. The summed E-state index contributed by atoms with van der Waals surface area (Å²) in [4.78, 5) is 23.3. The first kappa shape index (κ1) is 9.72. The van der Waals surface area contributed by atoms with Crippen molar-refractivity contribution in [3.63, 3.8) is 0 Å². The van der Waals surface area contributed by atoms with Crippen molar-refractivity contribution in [3.05, 3.63) is 59.0 Å². The van der Waals surface area contributed by atoms with Crippen LogP contribution in [0.3, 0.4) is 0 Å². The van der Waals surface area contributed by atoms with E-state index in [0.717, 1.165) is 5.69 Å². The number of fused-ring (bicyclic) bond motifs is 1. The summed E-state index contributed by atoms with van der Waals surface area (Å²) in [6, 6.07) is 10.6. The third-order valence-corrected chi connectivity index (χ3v) is 2.54. The summed E-state index contributed by atoms with van der Waals surface area (Å²) in [6.45, 7) is 0. The van der Waals surface area contributed by atoms with Crippen molar-refractivity contribution in [3.8, 4) is 11.4 Å². The largest absolute Gasteiger partial charge is 0.338 e. The molecule has 0 saturated carbocycles. The normalized spacial score (nSPS) is 10.6. The Morgan fingerprint density at radius 1 is 1.00 bits per heavy atom. The highest BCUT2D eigenvalue weighted by Gasteiger charge is 2.04. The predicted octanol–water partition coefficient (Wildman–Crippen LogP) is 1.99. The number of nitrogens with one attached hydrogen (secondary N) is 1. The van der Waals surface area contributed by atoms with Crippen molar-refractivity contribution >= 4 is 11.0 Å². The van der Waals surface area contributed by atoms with E-state index < -0.39 is 0 Å². The molecule has 0 spiro atoms. The number of rotatable bonds is 1. The molecule has 4 nitrogen and oxygen atoms in total. The summed E-state index contributed by atoms with van der Waals surface area (Å²) < 4.78 is 0. The fraction of sp³-hybridized carbons (Fsp3) is 0. The lowest BCUT2D eigenvalue weighted by atomic mass is 10.2. The van der Waals surface area contributed by atoms with E-state index in [9.17, 15) is 4.79 Å². The van der Waals surface area contributed by atoms with Gasteiger partial charge >= 0.3 is 0 Å². The molecule has 82 valence electrons. The molecule has 0 fully saturated rings. The summed E-state index contributed by atoms with van der Waals surface area (Å²) in [5.41, 5.74) is 1.95.